The summed E-state index contributed by atoms with van der Waals surface area (Å²) < 4.78 is 14.2. The first-order valence-corrected chi connectivity index (χ1v) is 10.4. The molecule has 116 valence electrons. The lowest BCUT2D eigenvalue weighted by atomic mass is 9.91. The first kappa shape index (κ1) is 15.2. The molecule has 1 aromatic rings. The summed E-state index contributed by atoms with van der Waals surface area (Å²) in [4.78, 5) is 2.91. The number of allylic oxidation sites excluding steroid dienone is 4. The van der Waals surface area contributed by atoms with E-state index in [1.54, 1.807) is 6.07 Å². The molecule has 3 aliphatic rings. The first-order valence-electron chi connectivity index (χ1n) is 7.67. The fourth-order valence-corrected chi connectivity index (χ4v) is 6.33. The van der Waals surface area contributed by atoms with Gasteiger partial charge in [0.25, 0.3) is 0 Å². The van der Waals surface area contributed by atoms with Gasteiger partial charge in [0.2, 0.25) is 0 Å². The Bertz CT molecular complexity index is 651. The molecule has 0 atom stereocenters. The molecule has 0 saturated heterocycles. The lowest BCUT2D eigenvalue weighted by Gasteiger charge is -2.37. The second-order valence-electron chi connectivity index (χ2n) is 5.82. The lowest BCUT2D eigenvalue weighted by molar-refractivity contribution is 0.619. The van der Waals surface area contributed by atoms with Gasteiger partial charge in [-0.1, -0.05) is 6.07 Å². The van der Waals surface area contributed by atoms with E-state index in [0.29, 0.717) is 10.4 Å². The Kier molecular flexibility index (Phi) is 4.31. The Balaban J connectivity index is 1.83. The van der Waals surface area contributed by atoms with Crippen LogP contribution < -0.4 is 5.32 Å². The summed E-state index contributed by atoms with van der Waals surface area (Å²) >= 11 is 7.31. The molecule has 0 radical (unpaired) electrons. The molecule has 0 aromatic heterocycles. The van der Waals surface area contributed by atoms with Crippen LogP contribution in [0.5, 0.6) is 0 Å². The molecule has 0 saturated carbocycles. The van der Waals surface area contributed by atoms with E-state index < -0.39 is 0 Å². The van der Waals surface area contributed by atoms with Gasteiger partial charge in [-0.15, -0.1) is 23.5 Å². The third-order valence-electron chi connectivity index (χ3n) is 4.36. The van der Waals surface area contributed by atoms with E-state index in [0.717, 1.165) is 12.8 Å². The molecule has 0 fully saturated rings. The largest absolute Gasteiger partial charge is 0.361 e. The smallest absolute Gasteiger partial charge is 0.137 e. The second-order valence-corrected chi connectivity index (χ2v) is 8.95. The van der Waals surface area contributed by atoms with Crippen LogP contribution in [0.4, 0.5) is 4.39 Å². The molecule has 1 nitrogen and oxygen atoms in total. The van der Waals surface area contributed by atoms with E-state index in [1.807, 2.05) is 35.7 Å². The van der Waals surface area contributed by atoms with Crippen LogP contribution in [0.1, 0.15) is 37.2 Å². The minimum atomic E-state index is -0.186. The van der Waals surface area contributed by atoms with Crippen molar-refractivity contribution in [3.63, 3.8) is 0 Å². The molecular formula is C17H17BrFNS2. The summed E-state index contributed by atoms with van der Waals surface area (Å²) in [5.41, 5.74) is 4.02. The molecule has 1 N–H and O–H groups in total. The van der Waals surface area contributed by atoms with Crippen LogP contribution in [0.25, 0.3) is 0 Å². The van der Waals surface area contributed by atoms with E-state index in [4.69, 9.17) is 0 Å². The predicted octanol–water partition coefficient (Wildman–Crippen LogP) is 5.75. The van der Waals surface area contributed by atoms with Crippen molar-refractivity contribution < 1.29 is 4.39 Å². The molecule has 0 spiro atoms. The summed E-state index contributed by atoms with van der Waals surface area (Å²) in [6.45, 7) is 0. The summed E-state index contributed by atoms with van der Waals surface area (Å²) in [7, 11) is 0. The van der Waals surface area contributed by atoms with Crippen molar-refractivity contribution in [2.24, 2.45) is 0 Å². The van der Waals surface area contributed by atoms with Crippen LogP contribution in [0.15, 0.2) is 43.9 Å². The molecule has 1 aromatic carbocycles. The third kappa shape index (κ3) is 2.65. The Labute approximate surface area is 147 Å². The van der Waals surface area contributed by atoms with Crippen molar-refractivity contribution in [2.75, 3.05) is 11.5 Å². The van der Waals surface area contributed by atoms with Gasteiger partial charge in [-0.3, -0.25) is 0 Å². The molecule has 0 unspecified atom stereocenters. The summed E-state index contributed by atoms with van der Waals surface area (Å²) in [5, 5.41) is 3.71. The Morgan fingerprint density at radius 1 is 1.05 bits per heavy atom. The number of benzene rings is 1. The summed E-state index contributed by atoms with van der Waals surface area (Å²) in [5.74, 6) is 2.49. The summed E-state index contributed by atoms with van der Waals surface area (Å²) in [6, 6.07) is 5.50. The minimum absolute atomic E-state index is 0.186. The monoisotopic (exact) mass is 397 g/mol. The van der Waals surface area contributed by atoms with Crippen molar-refractivity contribution >= 4 is 39.5 Å². The average Bonchev–Trinajstić information content (AvgIpc) is 2.55. The normalized spacial score (nSPS) is 22.3. The van der Waals surface area contributed by atoms with E-state index in [9.17, 15) is 4.39 Å². The third-order valence-corrected chi connectivity index (χ3v) is 7.53. The zero-order valence-electron chi connectivity index (χ0n) is 12.1. The Hall–Kier alpha value is -0.390. The Morgan fingerprint density at radius 3 is 2.27 bits per heavy atom. The number of hydrogen-bond donors (Lipinski definition) is 1. The number of halogens is 2. The van der Waals surface area contributed by atoms with Gasteiger partial charge in [0.15, 0.2) is 0 Å². The highest BCUT2D eigenvalue weighted by atomic mass is 79.9. The van der Waals surface area contributed by atoms with E-state index in [-0.39, 0.29) is 5.82 Å². The van der Waals surface area contributed by atoms with Crippen LogP contribution in [0, 0.1) is 5.82 Å². The van der Waals surface area contributed by atoms with Crippen LogP contribution >= 0.6 is 39.5 Å². The molecule has 4 rings (SSSR count). The Morgan fingerprint density at radius 2 is 1.68 bits per heavy atom. The quantitative estimate of drug-likeness (QED) is 0.647. The number of hydrogen-bond acceptors (Lipinski definition) is 3. The molecule has 22 heavy (non-hydrogen) atoms. The maximum absolute atomic E-state index is 13.6. The van der Waals surface area contributed by atoms with Crippen LogP contribution in [-0.4, -0.2) is 11.5 Å². The number of nitrogens with one attached hydrogen (secondary N) is 1. The standard InChI is InChI=1S/C17H17BrFNS2/c18-11-9-10(5-6-12(11)19)15-16-13(3-1-7-21-16)20-14-4-2-8-22-17(14)15/h5-6,9,15,20H,1-4,7-8H2. The zero-order valence-corrected chi connectivity index (χ0v) is 15.3. The molecule has 0 aliphatic carbocycles. The van der Waals surface area contributed by atoms with E-state index in [2.05, 4.69) is 21.2 Å². The average molecular weight is 398 g/mol. The van der Waals surface area contributed by atoms with Crippen molar-refractivity contribution in [3.8, 4) is 0 Å². The predicted molar refractivity (Wildman–Crippen MR) is 97.4 cm³/mol. The topological polar surface area (TPSA) is 12.0 Å². The van der Waals surface area contributed by atoms with Crippen LogP contribution in [0.2, 0.25) is 0 Å². The van der Waals surface area contributed by atoms with Gasteiger partial charge in [-0.25, -0.2) is 4.39 Å². The lowest BCUT2D eigenvalue weighted by Crippen LogP contribution is -2.28. The molecule has 0 bridgehead atoms. The second kappa shape index (κ2) is 6.25. The van der Waals surface area contributed by atoms with Crippen molar-refractivity contribution in [3.05, 3.63) is 55.3 Å². The van der Waals surface area contributed by atoms with Gasteiger partial charge in [0.05, 0.1) is 4.47 Å². The van der Waals surface area contributed by atoms with E-state index >= 15 is 0 Å². The molecule has 5 heteroatoms. The van der Waals surface area contributed by atoms with Gasteiger partial charge in [-0.05, 0) is 70.8 Å². The van der Waals surface area contributed by atoms with Crippen LogP contribution in [0.3, 0.4) is 0 Å². The fourth-order valence-electron chi connectivity index (χ4n) is 3.34. The maximum atomic E-state index is 13.6. The number of dihydropyridines is 1. The zero-order chi connectivity index (χ0) is 15.1. The van der Waals surface area contributed by atoms with Gasteiger partial charge >= 0.3 is 0 Å². The first-order chi connectivity index (χ1) is 10.7. The molecular weight excluding hydrogens is 381 g/mol. The van der Waals surface area contributed by atoms with Crippen molar-refractivity contribution in [1.82, 2.24) is 5.32 Å². The highest BCUT2D eigenvalue weighted by Gasteiger charge is 2.34. The van der Waals surface area contributed by atoms with Crippen molar-refractivity contribution in [1.29, 1.82) is 0 Å². The molecule has 0 amide bonds. The van der Waals surface area contributed by atoms with Gasteiger partial charge in [-0.2, -0.15) is 0 Å². The van der Waals surface area contributed by atoms with Gasteiger partial charge in [0, 0.05) is 27.1 Å². The number of rotatable bonds is 1. The van der Waals surface area contributed by atoms with Gasteiger partial charge < -0.3 is 5.32 Å². The number of thioether (sulfide) groups is 2. The van der Waals surface area contributed by atoms with Gasteiger partial charge in [0.1, 0.15) is 5.82 Å². The van der Waals surface area contributed by atoms with Crippen LogP contribution in [-0.2, 0) is 0 Å². The molecule has 3 aliphatic heterocycles. The highest BCUT2D eigenvalue weighted by molar-refractivity contribution is 9.10. The SMILES string of the molecule is Fc1ccc(C2C3=C(CCCS3)NC3=C2SCCC3)cc1Br. The summed E-state index contributed by atoms with van der Waals surface area (Å²) in [6.07, 6.45) is 4.77. The highest BCUT2D eigenvalue weighted by Crippen LogP contribution is 2.52. The van der Waals surface area contributed by atoms with E-state index in [1.165, 1.54) is 51.1 Å². The molecule has 3 heterocycles. The minimum Gasteiger partial charge on any atom is -0.361 e. The fraction of sp³-hybridized carbons (Fsp3) is 0.412. The van der Waals surface area contributed by atoms with Crippen molar-refractivity contribution in [2.45, 2.75) is 31.6 Å². The maximum Gasteiger partial charge on any atom is 0.137 e.